The van der Waals surface area contributed by atoms with Gasteiger partial charge in [0.2, 0.25) is 0 Å². The molecule has 1 unspecified atom stereocenters. The summed E-state index contributed by atoms with van der Waals surface area (Å²) in [6.07, 6.45) is -0.0208. The number of halogens is 1. The number of rotatable bonds is 6. The first kappa shape index (κ1) is 20.0. The van der Waals surface area contributed by atoms with E-state index in [2.05, 4.69) is 17.2 Å². The Labute approximate surface area is 172 Å². The van der Waals surface area contributed by atoms with E-state index in [-0.39, 0.29) is 5.69 Å². The molecule has 0 bridgehead atoms. The molecule has 1 atom stereocenters. The summed E-state index contributed by atoms with van der Waals surface area (Å²) >= 11 is 7.21. The summed E-state index contributed by atoms with van der Waals surface area (Å²) in [6.45, 7) is 3.59. The van der Waals surface area contributed by atoms with Crippen molar-refractivity contribution < 1.29 is 14.3 Å². The predicted octanol–water partition coefficient (Wildman–Crippen LogP) is 5.21. The second-order valence-corrected chi connectivity index (χ2v) is 7.43. The normalized spacial score (nSPS) is 11.7. The van der Waals surface area contributed by atoms with Gasteiger partial charge in [-0.3, -0.25) is 4.79 Å². The van der Waals surface area contributed by atoms with E-state index in [1.54, 1.807) is 17.5 Å². The van der Waals surface area contributed by atoms with Crippen LogP contribution in [0.1, 0.15) is 29.9 Å². The number of aromatic nitrogens is 1. The van der Waals surface area contributed by atoms with Crippen molar-refractivity contribution in [1.82, 2.24) is 4.98 Å². The highest BCUT2D eigenvalue weighted by Gasteiger charge is 2.21. The molecule has 3 rings (SSSR count). The van der Waals surface area contributed by atoms with Gasteiger partial charge in [0, 0.05) is 21.7 Å². The van der Waals surface area contributed by atoms with Crippen LogP contribution in [0.3, 0.4) is 0 Å². The average molecular weight is 415 g/mol. The van der Waals surface area contributed by atoms with E-state index in [1.807, 2.05) is 36.4 Å². The molecular formula is C21H19ClN2O3S. The molecule has 28 heavy (non-hydrogen) atoms. The largest absolute Gasteiger partial charge is 0.448 e. The molecule has 1 aromatic heterocycles. The molecule has 3 aromatic rings. The summed E-state index contributed by atoms with van der Waals surface area (Å²) in [6, 6.07) is 14.7. The van der Waals surface area contributed by atoms with Crippen LogP contribution < -0.4 is 5.32 Å². The molecular weight excluding hydrogens is 396 g/mol. The van der Waals surface area contributed by atoms with E-state index in [0.717, 1.165) is 12.0 Å². The minimum Gasteiger partial charge on any atom is -0.448 e. The Bertz CT molecular complexity index is 968. The first-order valence-electron chi connectivity index (χ1n) is 8.78. The summed E-state index contributed by atoms with van der Waals surface area (Å²) in [5.41, 5.74) is 2.86. The zero-order valence-electron chi connectivity index (χ0n) is 15.4. The van der Waals surface area contributed by atoms with Crippen LogP contribution >= 0.6 is 22.9 Å². The zero-order valence-corrected chi connectivity index (χ0v) is 17.0. The van der Waals surface area contributed by atoms with E-state index < -0.39 is 18.0 Å². The Morgan fingerprint density at radius 3 is 2.46 bits per heavy atom. The topological polar surface area (TPSA) is 68.3 Å². The molecule has 0 spiro atoms. The fraction of sp³-hybridized carbons (Fsp3) is 0.190. The van der Waals surface area contributed by atoms with E-state index in [4.69, 9.17) is 16.3 Å². The smallest absolute Gasteiger partial charge is 0.358 e. The van der Waals surface area contributed by atoms with Crippen LogP contribution in [0.2, 0.25) is 5.02 Å². The molecule has 144 valence electrons. The second kappa shape index (κ2) is 8.99. The van der Waals surface area contributed by atoms with Crippen LogP contribution in [0.15, 0.2) is 53.9 Å². The number of amides is 1. The summed E-state index contributed by atoms with van der Waals surface area (Å²) in [5.74, 6) is -1.04. The van der Waals surface area contributed by atoms with E-state index in [0.29, 0.717) is 15.7 Å². The highest BCUT2D eigenvalue weighted by Crippen LogP contribution is 2.25. The number of anilines is 1. The molecule has 7 heteroatoms. The van der Waals surface area contributed by atoms with Gasteiger partial charge in [-0.1, -0.05) is 42.8 Å². The number of hydrogen-bond acceptors (Lipinski definition) is 5. The fourth-order valence-corrected chi connectivity index (χ4v) is 3.36. The van der Waals surface area contributed by atoms with Crippen molar-refractivity contribution in [2.45, 2.75) is 26.4 Å². The number of nitrogens with one attached hydrogen (secondary N) is 1. The molecule has 1 N–H and O–H groups in total. The van der Waals surface area contributed by atoms with Gasteiger partial charge in [-0.05, 0) is 43.2 Å². The van der Waals surface area contributed by atoms with Crippen molar-refractivity contribution in [1.29, 1.82) is 0 Å². The Morgan fingerprint density at radius 2 is 1.82 bits per heavy atom. The first-order valence-corrected chi connectivity index (χ1v) is 10.0. The van der Waals surface area contributed by atoms with Crippen molar-refractivity contribution in [3.63, 3.8) is 0 Å². The number of esters is 1. The molecule has 5 nitrogen and oxygen atoms in total. The molecule has 1 amide bonds. The van der Waals surface area contributed by atoms with Crippen LogP contribution in [-0.2, 0) is 16.0 Å². The Balaban J connectivity index is 1.60. The molecule has 0 fully saturated rings. The maximum Gasteiger partial charge on any atom is 0.358 e. The van der Waals surface area contributed by atoms with Crippen LogP contribution in [-0.4, -0.2) is 23.0 Å². The third-order valence-electron chi connectivity index (χ3n) is 4.09. The monoisotopic (exact) mass is 414 g/mol. The summed E-state index contributed by atoms with van der Waals surface area (Å²) in [4.78, 5) is 28.9. The van der Waals surface area contributed by atoms with Gasteiger partial charge in [0.15, 0.2) is 11.8 Å². The molecule has 0 aliphatic heterocycles. The molecule has 1 heterocycles. The van der Waals surface area contributed by atoms with Gasteiger partial charge in [0.25, 0.3) is 5.91 Å². The van der Waals surface area contributed by atoms with Crippen LogP contribution in [0.25, 0.3) is 10.6 Å². The number of ether oxygens (including phenoxy) is 1. The van der Waals surface area contributed by atoms with Gasteiger partial charge in [-0.2, -0.15) is 0 Å². The minimum absolute atomic E-state index is 0.168. The predicted molar refractivity (Wildman–Crippen MR) is 112 cm³/mol. The van der Waals surface area contributed by atoms with Crippen LogP contribution in [0.5, 0.6) is 0 Å². The Morgan fingerprint density at radius 1 is 1.14 bits per heavy atom. The number of aryl methyl sites for hydroxylation is 1. The summed E-state index contributed by atoms with van der Waals surface area (Å²) < 4.78 is 5.26. The lowest BCUT2D eigenvalue weighted by molar-refractivity contribution is -0.123. The van der Waals surface area contributed by atoms with E-state index in [1.165, 1.54) is 23.8 Å². The molecule has 0 saturated heterocycles. The van der Waals surface area contributed by atoms with Gasteiger partial charge in [-0.15, -0.1) is 11.3 Å². The number of carbonyl (C=O) groups is 2. The Hall–Kier alpha value is -2.70. The minimum atomic E-state index is -0.945. The van der Waals surface area contributed by atoms with Gasteiger partial charge < -0.3 is 10.1 Å². The summed E-state index contributed by atoms with van der Waals surface area (Å²) in [5, 5.41) is 5.66. The highest BCUT2D eigenvalue weighted by molar-refractivity contribution is 7.13. The van der Waals surface area contributed by atoms with Gasteiger partial charge in [-0.25, -0.2) is 9.78 Å². The van der Waals surface area contributed by atoms with Crippen molar-refractivity contribution in [3.8, 4) is 10.6 Å². The zero-order chi connectivity index (χ0) is 20.1. The lowest BCUT2D eigenvalue weighted by Gasteiger charge is -2.13. The van der Waals surface area contributed by atoms with Crippen molar-refractivity contribution in [2.75, 3.05) is 5.32 Å². The maximum atomic E-state index is 12.3. The number of hydrogen-bond donors (Lipinski definition) is 1. The van der Waals surface area contributed by atoms with E-state index in [9.17, 15) is 9.59 Å². The SMILES string of the molecule is CCc1ccc(NC(=O)C(C)OC(=O)c2csc(-c3ccc(Cl)cc3)n2)cc1. The lowest BCUT2D eigenvalue weighted by Crippen LogP contribution is -2.30. The molecule has 0 aliphatic rings. The standard InChI is InChI=1S/C21H19ClN2O3S/c1-3-14-4-10-17(11-5-14)23-19(25)13(2)27-21(26)18-12-28-20(24-18)15-6-8-16(22)9-7-15/h4-13H,3H2,1-2H3,(H,23,25). The maximum absolute atomic E-state index is 12.3. The van der Waals surface area contributed by atoms with Crippen LogP contribution in [0.4, 0.5) is 5.69 Å². The Kier molecular flexibility index (Phi) is 6.44. The number of carbonyl (C=O) groups excluding carboxylic acids is 2. The fourth-order valence-electron chi connectivity index (χ4n) is 2.43. The third kappa shape index (κ3) is 4.97. The third-order valence-corrected chi connectivity index (χ3v) is 5.23. The molecule has 0 radical (unpaired) electrons. The highest BCUT2D eigenvalue weighted by atomic mass is 35.5. The van der Waals surface area contributed by atoms with Crippen molar-refractivity contribution in [2.24, 2.45) is 0 Å². The molecule has 2 aromatic carbocycles. The second-order valence-electron chi connectivity index (χ2n) is 6.13. The van der Waals surface area contributed by atoms with Gasteiger partial charge in [0.05, 0.1) is 0 Å². The average Bonchev–Trinajstić information content (AvgIpc) is 3.19. The van der Waals surface area contributed by atoms with Gasteiger partial charge >= 0.3 is 5.97 Å². The first-order chi connectivity index (χ1) is 13.5. The quantitative estimate of drug-likeness (QED) is 0.562. The molecule has 0 aliphatic carbocycles. The van der Waals surface area contributed by atoms with Crippen molar-refractivity contribution in [3.05, 3.63) is 70.2 Å². The van der Waals surface area contributed by atoms with Gasteiger partial charge in [0.1, 0.15) is 5.01 Å². The van der Waals surface area contributed by atoms with E-state index >= 15 is 0 Å². The number of benzene rings is 2. The van der Waals surface area contributed by atoms with Crippen LogP contribution in [0, 0.1) is 0 Å². The van der Waals surface area contributed by atoms with Crippen molar-refractivity contribution >= 4 is 40.5 Å². The summed E-state index contributed by atoms with van der Waals surface area (Å²) in [7, 11) is 0. The number of thiazole rings is 1. The lowest BCUT2D eigenvalue weighted by atomic mass is 10.1. The number of nitrogens with zero attached hydrogens (tertiary/aromatic N) is 1. The molecule has 0 saturated carbocycles.